The molecule has 1 saturated heterocycles. The summed E-state index contributed by atoms with van der Waals surface area (Å²) < 4.78 is 10.5. The molecule has 4 amide bonds. The normalized spacial score (nSPS) is 18.3. The van der Waals surface area contributed by atoms with Crippen LogP contribution in [-0.2, 0) is 16.0 Å². The Hall–Kier alpha value is -2.77. The number of ether oxygens (including phenoxy) is 2. The van der Waals surface area contributed by atoms with Gasteiger partial charge in [0.1, 0.15) is 12.1 Å². The van der Waals surface area contributed by atoms with Gasteiger partial charge in [-0.2, -0.15) is 0 Å². The van der Waals surface area contributed by atoms with Crippen LogP contribution in [0.4, 0.5) is 4.79 Å². The van der Waals surface area contributed by atoms with Gasteiger partial charge in [0.2, 0.25) is 5.91 Å². The molecule has 8 nitrogen and oxygen atoms in total. The van der Waals surface area contributed by atoms with E-state index in [1.807, 2.05) is 18.2 Å². The van der Waals surface area contributed by atoms with Crippen molar-refractivity contribution in [3.05, 3.63) is 23.8 Å². The number of methoxy groups -OCH3 is 2. The van der Waals surface area contributed by atoms with Gasteiger partial charge in [0.15, 0.2) is 11.5 Å². The summed E-state index contributed by atoms with van der Waals surface area (Å²) in [4.78, 5) is 38.5. The zero-order chi connectivity index (χ0) is 20.9. The van der Waals surface area contributed by atoms with Gasteiger partial charge in [-0.25, -0.2) is 4.79 Å². The molecule has 1 saturated carbocycles. The van der Waals surface area contributed by atoms with Crippen molar-refractivity contribution in [1.29, 1.82) is 0 Å². The van der Waals surface area contributed by atoms with Gasteiger partial charge in [0.25, 0.3) is 5.91 Å². The van der Waals surface area contributed by atoms with Gasteiger partial charge in [0, 0.05) is 6.54 Å². The van der Waals surface area contributed by atoms with Gasteiger partial charge >= 0.3 is 6.03 Å². The summed E-state index contributed by atoms with van der Waals surface area (Å²) in [5.74, 6) is 0.662. The molecule has 1 aromatic carbocycles. The second kappa shape index (κ2) is 9.15. The van der Waals surface area contributed by atoms with E-state index in [9.17, 15) is 14.4 Å². The summed E-state index contributed by atoms with van der Waals surface area (Å²) in [5, 5.41) is 5.64. The lowest BCUT2D eigenvalue weighted by Crippen LogP contribution is -2.47. The molecule has 0 radical (unpaired) electrons. The Labute approximate surface area is 170 Å². The Kier molecular flexibility index (Phi) is 6.61. The van der Waals surface area contributed by atoms with E-state index < -0.39 is 11.6 Å². The summed E-state index contributed by atoms with van der Waals surface area (Å²) in [6.07, 6.45) is 5.86. The Bertz CT molecular complexity index is 772. The third-order valence-corrected chi connectivity index (χ3v) is 5.69. The van der Waals surface area contributed by atoms with Crippen molar-refractivity contribution in [1.82, 2.24) is 15.5 Å². The minimum atomic E-state index is -0.812. The maximum Gasteiger partial charge on any atom is 0.325 e. The number of hydrogen-bond donors (Lipinski definition) is 2. The first-order chi connectivity index (χ1) is 14.0. The fourth-order valence-corrected chi connectivity index (χ4v) is 4.07. The molecule has 1 heterocycles. The minimum absolute atomic E-state index is 0.252. The van der Waals surface area contributed by atoms with Gasteiger partial charge < -0.3 is 20.1 Å². The minimum Gasteiger partial charge on any atom is -0.493 e. The molecule has 29 heavy (non-hydrogen) atoms. The third kappa shape index (κ3) is 4.63. The summed E-state index contributed by atoms with van der Waals surface area (Å²) >= 11 is 0. The predicted molar refractivity (Wildman–Crippen MR) is 107 cm³/mol. The van der Waals surface area contributed by atoms with Gasteiger partial charge in [-0.1, -0.05) is 31.7 Å². The molecule has 0 unspecified atom stereocenters. The predicted octanol–water partition coefficient (Wildman–Crippen LogP) is 2.01. The maximum atomic E-state index is 12.8. The fourth-order valence-electron chi connectivity index (χ4n) is 4.07. The van der Waals surface area contributed by atoms with Gasteiger partial charge in [-0.05, 0) is 37.0 Å². The average molecular weight is 403 g/mol. The fraction of sp³-hybridized carbons (Fsp3) is 0.571. The van der Waals surface area contributed by atoms with E-state index in [1.54, 1.807) is 14.2 Å². The van der Waals surface area contributed by atoms with E-state index >= 15 is 0 Å². The number of hydrogen-bond acceptors (Lipinski definition) is 5. The number of imide groups is 1. The highest BCUT2D eigenvalue weighted by Crippen LogP contribution is 2.32. The summed E-state index contributed by atoms with van der Waals surface area (Å²) in [5.41, 5.74) is 0.170. The highest BCUT2D eigenvalue weighted by atomic mass is 16.5. The molecule has 2 N–H and O–H groups in total. The molecule has 0 atom stereocenters. The van der Waals surface area contributed by atoms with Gasteiger partial charge in [-0.15, -0.1) is 0 Å². The zero-order valence-electron chi connectivity index (χ0n) is 17.1. The third-order valence-electron chi connectivity index (χ3n) is 5.69. The van der Waals surface area contributed by atoms with Crippen LogP contribution in [-0.4, -0.2) is 55.6 Å². The first-order valence-corrected chi connectivity index (χ1v) is 10.1. The number of nitrogens with one attached hydrogen (secondary N) is 2. The Morgan fingerprint density at radius 1 is 1.10 bits per heavy atom. The lowest BCUT2D eigenvalue weighted by atomic mass is 9.90. The van der Waals surface area contributed by atoms with Crippen LogP contribution in [0.3, 0.4) is 0 Å². The van der Waals surface area contributed by atoms with E-state index in [0.717, 1.165) is 36.1 Å². The highest BCUT2D eigenvalue weighted by molar-refractivity contribution is 6.09. The van der Waals surface area contributed by atoms with Crippen LogP contribution < -0.4 is 20.1 Å². The van der Waals surface area contributed by atoms with Crippen molar-refractivity contribution in [2.45, 2.75) is 50.5 Å². The number of carbonyl (C=O) groups is 3. The maximum absolute atomic E-state index is 12.8. The number of carbonyl (C=O) groups excluding carboxylic acids is 3. The number of amides is 4. The van der Waals surface area contributed by atoms with E-state index in [4.69, 9.17) is 9.47 Å². The van der Waals surface area contributed by atoms with E-state index in [2.05, 4.69) is 10.6 Å². The Morgan fingerprint density at radius 3 is 2.45 bits per heavy atom. The molecular formula is C21H29N3O5. The first-order valence-electron chi connectivity index (χ1n) is 10.1. The highest BCUT2D eigenvalue weighted by Gasteiger charge is 2.51. The van der Waals surface area contributed by atoms with Crippen LogP contribution in [0.5, 0.6) is 11.5 Å². The van der Waals surface area contributed by atoms with Crippen molar-refractivity contribution in [2.24, 2.45) is 0 Å². The van der Waals surface area contributed by atoms with Crippen molar-refractivity contribution in [3.63, 3.8) is 0 Å². The standard InChI is InChI=1S/C21H29N3O5/c1-28-16-8-7-15(13-17(16)29-2)9-12-22-18(25)14-24-19(26)21(23-20(24)27)10-5-3-4-6-11-21/h7-8,13H,3-6,9-12,14H2,1-2H3,(H,22,25)(H,23,27). The number of urea groups is 1. The second-order valence-corrected chi connectivity index (χ2v) is 7.61. The molecule has 0 bridgehead atoms. The van der Waals surface area contributed by atoms with Crippen molar-refractivity contribution in [3.8, 4) is 11.5 Å². The molecule has 0 aromatic heterocycles. The topological polar surface area (TPSA) is 97.0 Å². The van der Waals surface area contributed by atoms with Crippen LogP contribution in [0.1, 0.15) is 44.1 Å². The summed E-state index contributed by atoms with van der Waals surface area (Å²) in [6.45, 7) is 0.140. The molecule has 3 rings (SSSR count). The number of nitrogens with zero attached hydrogens (tertiary/aromatic N) is 1. The van der Waals surface area contributed by atoms with E-state index in [1.165, 1.54) is 0 Å². The molecule has 2 aliphatic rings. The monoisotopic (exact) mass is 403 g/mol. The van der Waals surface area contributed by atoms with Crippen LogP contribution >= 0.6 is 0 Å². The van der Waals surface area contributed by atoms with Crippen molar-refractivity contribution >= 4 is 17.8 Å². The van der Waals surface area contributed by atoms with Crippen LogP contribution in [0.15, 0.2) is 18.2 Å². The molecule has 2 fully saturated rings. The summed E-state index contributed by atoms with van der Waals surface area (Å²) in [6, 6.07) is 5.11. The quantitative estimate of drug-likeness (QED) is 0.679. The SMILES string of the molecule is COc1ccc(CCNC(=O)CN2C(=O)NC3(CCCCCC3)C2=O)cc1OC. The molecule has 1 aliphatic carbocycles. The van der Waals surface area contributed by atoms with Crippen LogP contribution in [0, 0.1) is 0 Å². The molecule has 158 valence electrons. The lowest BCUT2D eigenvalue weighted by Gasteiger charge is -2.24. The van der Waals surface area contributed by atoms with Crippen LogP contribution in [0.2, 0.25) is 0 Å². The molecular weight excluding hydrogens is 374 g/mol. The smallest absolute Gasteiger partial charge is 0.325 e. The second-order valence-electron chi connectivity index (χ2n) is 7.61. The molecule has 1 aromatic rings. The van der Waals surface area contributed by atoms with Gasteiger partial charge in [-0.3, -0.25) is 14.5 Å². The van der Waals surface area contributed by atoms with Crippen molar-refractivity contribution in [2.75, 3.05) is 27.3 Å². The molecule has 1 spiro atoms. The lowest BCUT2D eigenvalue weighted by molar-refractivity contribution is -0.135. The molecule has 8 heteroatoms. The number of benzene rings is 1. The van der Waals surface area contributed by atoms with Gasteiger partial charge in [0.05, 0.1) is 14.2 Å². The Balaban J connectivity index is 1.52. The molecule has 1 aliphatic heterocycles. The summed E-state index contributed by atoms with van der Waals surface area (Å²) in [7, 11) is 3.15. The average Bonchev–Trinajstić information content (AvgIpc) is 2.87. The Morgan fingerprint density at radius 2 is 1.79 bits per heavy atom. The van der Waals surface area contributed by atoms with E-state index in [-0.39, 0.29) is 18.4 Å². The van der Waals surface area contributed by atoms with Crippen LogP contribution in [0.25, 0.3) is 0 Å². The first kappa shape index (κ1) is 21.0. The van der Waals surface area contributed by atoms with Crippen molar-refractivity contribution < 1.29 is 23.9 Å². The zero-order valence-corrected chi connectivity index (χ0v) is 17.1. The largest absolute Gasteiger partial charge is 0.493 e. The van der Waals surface area contributed by atoms with E-state index in [0.29, 0.717) is 37.3 Å². The number of rotatable bonds is 7.